The summed E-state index contributed by atoms with van der Waals surface area (Å²) in [6.45, 7) is -0.378. The lowest BCUT2D eigenvalue weighted by atomic mass is 10.0. The highest BCUT2D eigenvalue weighted by atomic mass is 79.9. The SMILES string of the molecule is O=C(Nc1ccccc1CBr)OCOC(=O)N1C2CCCC1CC2. The van der Waals surface area contributed by atoms with Crippen molar-refractivity contribution >= 4 is 33.8 Å². The van der Waals surface area contributed by atoms with Gasteiger partial charge in [-0.25, -0.2) is 9.59 Å². The largest absolute Gasteiger partial charge is 0.414 e. The number of piperidine rings is 1. The van der Waals surface area contributed by atoms with Crippen LogP contribution < -0.4 is 5.32 Å². The molecular weight excluding hydrogens is 376 g/mol. The minimum absolute atomic E-state index is 0.288. The van der Waals surface area contributed by atoms with Crippen LogP contribution in [-0.4, -0.2) is 36.0 Å². The molecule has 2 aliphatic rings. The Kier molecular flexibility index (Phi) is 5.60. The van der Waals surface area contributed by atoms with E-state index in [1.165, 1.54) is 6.42 Å². The van der Waals surface area contributed by atoms with E-state index in [1.807, 2.05) is 23.1 Å². The molecule has 0 radical (unpaired) electrons. The first-order valence-corrected chi connectivity index (χ1v) is 9.34. The van der Waals surface area contributed by atoms with Crippen molar-refractivity contribution in [3.63, 3.8) is 0 Å². The summed E-state index contributed by atoms with van der Waals surface area (Å²) >= 11 is 3.36. The van der Waals surface area contributed by atoms with Crippen molar-refractivity contribution in [3.8, 4) is 0 Å². The van der Waals surface area contributed by atoms with Crippen molar-refractivity contribution in [1.29, 1.82) is 0 Å². The molecule has 1 N–H and O–H groups in total. The average molecular weight is 397 g/mol. The summed E-state index contributed by atoms with van der Waals surface area (Å²) in [6, 6.07) is 7.98. The van der Waals surface area contributed by atoms with Crippen molar-refractivity contribution < 1.29 is 19.1 Å². The second-order valence-corrected chi connectivity index (χ2v) is 6.66. The first kappa shape index (κ1) is 17.1. The third-order valence-corrected chi connectivity index (χ3v) is 5.28. The molecule has 130 valence electrons. The molecular formula is C17H21BrN2O4. The molecule has 0 saturated carbocycles. The van der Waals surface area contributed by atoms with Gasteiger partial charge in [-0.1, -0.05) is 34.1 Å². The third-order valence-electron chi connectivity index (χ3n) is 4.68. The average Bonchev–Trinajstić information content (AvgIpc) is 2.84. The van der Waals surface area contributed by atoms with Crippen LogP contribution in [0, 0.1) is 0 Å². The van der Waals surface area contributed by atoms with Crippen molar-refractivity contribution in [2.45, 2.75) is 49.5 Å². The smallest absolute Gasteiger partial charge is 0.411 e. The van der Waals surface area contributed by atoms with Crippen LogP contribution in [0.2, 0.25) is 0 Å². The first-order chi connectivity index (χ1) is 11.7. The van der Waals surface area contributed by atoms with Crippen LogP contribution in [0.5, 0.6) is 0 Å². The van der Waals surface area contributed by atoms with Crippen LogP contribution in [0.15, 0.2) is 24.3 Å². The zero-order valence-electron chi connectivity index (χ0n) is 13.4. The van der Waals surface area contributed by atoms with Gasteiger partial charge >= 0.3 is 12.2 Å². The predicted molar refractivity (Wildman–Crippen MR) is 93.0 cm³/mol. The van der Waals surface area contributed by atoms with Crippen LogP contribution in [0.4, 0.5) is 15.3 Å². The second-order valence-electron chi connectivity index (χ2n) is 6.10. The molecule has 2 atom stereocenters. The van der Waals surface area contributed by atoms with E-state index in [2.05, 4.69) is 21.2 Å². The number of alkyl halides is 1. The van der Waals surface area contributed by atoms with Gasteiger partial charge in [0.15, 0.2) is 0 Å². The Morgan fingerprint density at radius 1 is 1.12 bits per heavy atom. The summed E-state index contributed by atoms with van der Waals surface area (Å²) in [5, 5.41) is 3.27. The van der Waals surface area contributed by atoms with Crippen molar-refractivity contribution in [2.75, 3.05) is 12.1 Å². The number of halogens is 1. The van der Waals surface area contributed by atoms with Crippen molar-refractivity contribution in [1.82, 2.24) is 4.90 Å². The zero-order chi connectivity index (χ0) is 16.9. The zero-order valence-corrected chi connectivity index (χ0v) is 15.0. The highest BCUT2D eigenvalue weighted by molar-refractivity contribution is 9.08. The molecule has 2 amide bonds. The number of amides is 2. The lowest BCUT2D eigenvalue weighted by molar-refractivity contribution is 0.000648. The predicted octanol–water partition coefficient (Wildman–Crippen LogP) is 4.24. The third kappa shape index (κ3) is 3.83. The van der Waals surface area contributed by atoms with E-state index in [4.69, 9.17) is 9.47 Å². The Labute approximate surface area is 149 Å². The molecule has 1 aromatic carbocycles. The summed E-state index contributed by atoms with van der Waals surface area (Å²) in [6.07, 6.45) is 4.32. The molecule has 2 heterocycles. The second kappa shape index (κ2) is 7.88. The van der Waals surface area contributed by atoms with Gasteiger partial charge in [-0.15, -0.1) is 0 Å². The highest BCUT2D eigenvalue weighted by Crippen LogP contribution is 2.35. The quantitative estimate of drug-likeness (QED) is 0.610. The van der Waals surface area contributed by atoms with Gasteiger partial charge in [-0.2, -0.15) is 0 Å². The monoisotopic (exact) mass is 396 g/mol. The lowest BCUT2D eigenvalue weighted by Crippen LogP contribution is -2.44. The molecule has 6 nitrogen and oxygen atoms in total. The fourth-order valence-corrected chi connectivity index (χ4v) is 4.02. The Morgan fingerprint density at radius 2 is 1.83 bits per heavy atom. The van der Waals surface area contributed by atoms with E-state index in [0.29, 0.717) is 11.0 Å². The summed E-state index contributed by atoms with van der Waals surface area (Å²) in [4.78, 5) is 25.8. The molecule has 0 spiro atoms. The summed E-state index contributed by atoms with van der Waals surface area (Å²) in [5.41, 5.74) is 1.61. The topological polar surface area (TPSA) is 67.9 Å². The van der Waals surface area contributed by atoms with Crippen molar-refractivity contribution in [2.24, 2.45) is 0 Å². The molecule has 7 heteroatoms. The molecule has 2 fully saturated rings. The number of benzene rings is 1. The molecule has 1 aromatic rings. The van der Waals surface area contributed by atoms with Gasteiger partial charge in [0.2, 0.25) is 6.79 Å². The lowest BCUT2D eigenvalue weighted by Gasteiger charge is -2.33. The van der Waals surface area contributed by atoms with E-state index < -0.39 is 6.09 Å². The molecule has 2 unspecified atom stereocenters. The standard InChI is InChI=1S/C17H21BrN2O4/c18-10-12-4-1-2-7-15(12)19-16(21)23-11-24-17(22)20-13-5-3-6-14(20)9-8-13/h1-2,4,7,13-14H,3,5-6,8-11H2,(H,19,21). The van der Waals surface area contributed by atoms with Crippen molar-refractivity contribution in [3.05, 3.63) is 29.8 Å². The molecule has 2 saturated heterocycles. The van der Waals surface area contributed by atoms with Gasteiger partial charge in [-0.3, -0.25) is 5.32 Å². The van der Waals surface area contributed by atoms with Crippen LogP contribution in [0.25, 0.3) is 0 Å². The molecule has 0 aromatic heterocycles. The summed E-state index contributed by atoms with van der Waals surface area (Å²) in [5.74, 6) is 0. The number of para-hydroxylation sites is 1. The molecule has 3 rings (SSSR count). The van der Waals surface area contributed by atoms with Gasteiger partial charge in [0.25, 0.3) is 0 Å². The number of nitrogens with zero attached hydrogens (tertiary/aromatic N) is 1. The molecule has 2 aliphatic heterocycles. The van der Waals surface area contributed by atoms with Crippen LogP contribution in [-0.2, 0) is 14.8 Å². The number of hydrogen-bond acceptors (Lipinski definition) is 4. The van der Waals surface area contributed by atoms with E-state index in [-0.39, 0.29) is 25.0 Å². The minimum atomic E-state index is -0.641. The fourth-order valence-electron chi connectivity index (χ4n) is 3.53. The minimum Gasteiger partial charge on any atom is -0.411 e. The van der Waals surface area contributed by atoms with E-state index >= 15 is 0 Å². The number of hydrogen-bond donors (Lipinski definition) is 1. The van der Waals surface area contributed by atoms with E-state index in [9.17, 15) is 9.59 Å². The fraction of sp³-hybridized carbons (Fsp3) is 0.529. The van der Waals surface area contributed by atoms with Gasteiger partial charge in [0, 0.05) is 23.1 Å². The maximum atomic E-state index is 12.2. The number of anilines is 1. The Balaban J connectivity index is 1.44. The number of carbonyl (C=O) groups is 2. The Bertz CT molecular complexity index is 594. The number of nitrogens with one attached hydrogen (secondary N) is 1. The number of ether oxygens (including phenoxy) is 2. The summed E-state index contributed by atoms with van der Waals surface area (Å²) < 4.78 is 10.1. The van der Waals surface area contributed by atoms with Gasteiger partial charge in [0.05, 0.1) is 0 Å². The normalized spacial score (nSPS) is 22.1. The molecule has 24 heavy (non-hydrogen) atoms. The number of carbonyl (C=O) groups excluding carboxylic acids is 2. The maximum Gasteiger partial charge on any atom is 0.414 e. The Morgan fingerprint density at radius 3 is 2.54 bits per heavy atom. The Hall–Kier alpha value is -1.76. The molecule has 0 aliphatic carbocycles. The van der Waals surface area contributed by atoms with Gasteiger partial charge < -0.3 is 14.4 Å². The number of fused-ring (bicyclic) bond motifs is 2. The van der Waals surface area contributed by atoms with Crippen LogP contribution >= 0.6 is 15.9 Å². The van der Waals surface area contributed by atoms with Gasteiger partial charge in [-0.05, 0) is 43.7 Å². The maximum absolute atomic E-state index is 12.2. The van der Waals surface area contributed by atoms with Crippen LogP contribution in [0.3, 0.4) is 0 Å². The van der Waals surface area contributed by atoms with E-state index in [1.54, 1.807) is 6.07 Å². The van der Waals surface area contributed by atoms with Crippen LogP contribution in [0.1, 0.15) is 37.7 Å². The molecule has 2 bridgehead atoms. The highest BCUT2D eigenvalue weighted by Gasteiger charge is 2.40. The van der Waals surface area contributed by atoms with Gasteiger partial charge in [0.1, 0.15) is 0 Å². The number of rotatable bonds is 4. The first-order valence-electron chi connectivity index (χ1n) is 8.22. The summed E-state index contributed by atoms with van der Waals surface area (Å²) in [7, 11) is 0. The van der Waals surface area contributed by atoms with E-state index in [0.717, 1.165) is 31.2 Å².